The molecular formula is C27H44O4. The van der Waals surface area contributed by atoms with Gasteiger partial charge >= 0.3 is 5.97 Å². The predicted octanol–water partition coefficient (Wildman–Crippen LogP) is 5.42. The van der Waals surface area contributed by atoms with Gasteiger partial charge in [0.2, 0.25) is 0 Å². The van der Waals surface area contributed by atoms with Crippen LogP contribution in [0.1, 0.15) is 96.0 Å². The highest BCUT2D eigenvalue weighted by atomic mass is 16.4. The standard InChI is InChI=1S/C27H44O4/c1-16(6-5-7-17(2)25(30)31)20-8-9-21-24-22(11-13-27(20,21)4)26(3)12-10-19(28)14-18(26)15-23(24)29/h15-17,19-24,28-29H,5-14H2,1-4H3,(H,30,31)/t16?,17?,19-,20?,21?,22?,23+,24?,26-,27+/m0/s1/i7D2,19D. The average molecular weight is 436 g/mol. The van der Waals surface area contributed by atoms with Crippen molar-refractivity contribution in [2.45, 2.75) is 104 Å². The topological polar surface area (TPSA) is 77.8 Å². The third-order valence-corrected chi connectivity index (χ3v) is 10.2. The second kappa shape index (κ2) is 8.48. The van der Waals surface area contributed by atoms with Crippen molar-refractivity contribution >= 4 is 5.97 Å². The molecule has 0 aliphatic heterocycles. The van der Waals surface area contributed by atoms with E-state index in [-0.39, 0.29) is 23.2 Å². The molecule has 0 aromatic carbocycles. The molecule has 3 N–H and O–H groups in total. The average Bonchev–Trinajstić information content (AvgIpc) is 3.09. The molecule has 0 aromatic heterocycles. The monoisotopic (exact) mass is 435 g/mol. The van der Waals surface area contributed by atoms with Crippen LogP contribution in [0.3, 0.4) is 0 Å². The minimum atomic E-state index is -1.72. The van der Waals surface area contributed by atoms with Crippen molar-refractivity contribution in [2.75, 3.05) is 0 Å². The smallest absolute Gasteiger partial charge is 0.306 e. The first-order chi connectivity index (χ1) is 15.6. The van der Waals surface area contributed by atoms with Crippen LogP contribution in [0.2, 0.25) is 0 Å². The molecule has 3 saturated carbocycles. The summed E-state index contributed by atoms with van der Waals surface area (Å²) in [6.07, 6.45) is 5.14. The molecule has 3 fully saturated rings. The SMILES string of the molecule is [2H]C([2H])(CCC(C)C1CCC2C3C(CC[C@]12C)[C@@]1(C)CC[C@]([2H])(O)CC1=C[C@H]3O)C(C)C(=O)O. The maximum atomic E-state index is 11.3. The van der Waals surface area contributed by atoms with E-state index in [0.29, 0.717) is 42.9 Å². The highest BCUT2D eigenvalue weighted by molar-refractivity contribution is 5.69. The minimum Gasteiger partial charge on any atom is -0.481 e. The molecule has 176 valence electrons. The minimum absolute atomic E-state index is 0.0504. The van der Waals surface area contributed by atoms with Crippen molar-refractivity contribution in [3.05, 3.63) is 11.6 Å². The maximum Gasteiger partial charge on any atom is 0.306 e. The number of carbonyl (C=O) groups is 1. The van der Waals surface area contributed by atoms with E-state index in [1.807, 2.05) is 6.08 Å². The molecule has 4 nitrogen and oxygen atoms in total. The Hall–Kier alpha value is -0.870. The fourth-order valence-electron chi connectivity index (χ4n) is 8.27. The Bertz CT molecular complexity index is 842. The van der Waals surface area contributed by atoms with Crippen molar-refractivity contribution in [3.63, 3.8) is 0 Å². The number of hydrogen-bond donors (Lipinski definition) is 3. The van der Waals surface area contributed by atoms with Gasteiger partial charge in [0.05, 0.1) is 19.5 Å². The van der Waals surface area contributed by atoms with Gasteiger partial charge in [0, 0.05) is 2.74 Å². The van der Waals surface area contributed by atoms with Crippen LogP contribution >= 0.6 is 0 Å². The zero-order valence-corrected chi connectivity index (χ0v) is 19.7. The van der Waals surface area contributed by atoms with Gasteiger partial charge in [-0.05, 0) is 91.7 Å². The van der Waals surface area contributed by atoms with Gasteiger partial charge in [-0.1, -0.05) is 52.2 Å². The van der Waals surface area contributed by atoms with Crippen LogP contribution in [0.15, 0.2) is 11.6 Å². The lowest BCUT2D eigenvalue weighted by atomic mass is 9.46. The molecule has 10 atom stereocenters. The Morgan fingerprint density at radius 3 is 2.65 bits per heavy atom. The highest BCUT2D eigenvalue weighted by Gasteiger charge is 2.61. The summed E-state index contributed by atoms with van der Waals surface area (Å²) in [5, 5.41) is 30.9. The summed E-state index contributed by atoms with van der Waals surface area (Å²) < 4.78 is 24.7. The number of aliphatic hydroxyl groups is 2. The van der Waals surface area contributed by atoms with E-state index >= 15 is 0 Å². The summed E-state index contributed by atoms with van der Waals surface area (Å²) in [5.74, 6) is -0.366. The van der Waals surface area contributed by atoms with Crippen LogP contribution in [0.25, 0.3) is 0 Å². The number of fused-ring (bicyclic) bond motifs is 5. The van der Waals surface area contributed by atoms with E-state index in [4.69, 9.17) is 4.11 Å². The molecule has 0 aromatic rings. The van der Waals surface area contributed by atoms with E-state index in [0.717, 1.165) is 37.7 Å². The van der Waals surface area contributed by atoms with Gasteiger partial charge in [-0.25, -0.2) is 0 Å². The first kappa shape index (κ1) is 19.6. The Morgan fingerprint density at radius 2 is 1.94 bits per heavy atom. The van der Waals surface area contributed by atoms with Crippen LogP contribution < -0.4 is 0 Å². The summed E-state index contributed by atoms with van der Waals surface area (Å²) in [5.41, 5.74) is 1.12. The number of hydrogen-bond acceptors (Lipinski definition) is 3. The molecule has 0 spiro atoms. The Kier molecular flexibility index (Phi) is 5.36. The normalized spacial score (nSPS) is 50.6. The molecule has 0 saturated heterocycles. The van der Waals surface area contributed by atoms with E-state index in [2.05, 4.69) is 20.8 Å². The van der Waals surface area contributed by atoms with Crippen LogP contribution in [-0.4, -0.2) is 33.5 Å². The van der Waals surface area contributed by atoms with Crippen LogP contribution in [-0.2, 0) is 4.79 Å². The highest BCUT2D eigenvalue weighted by Crippen LogP contribution is 2.67. The summed E-state index contributed by atoms with van der Waals surface area (Å²) in [4.78, 5) is 11.3. The van der Waals surface area contributed by atoms with Gasteiger partial charge in [0.15, 0.2) is 0 Å². The van der Waals surface area contributed by atoms with Crippen LogP contribution in [0, 0.1) is 46.3 Å². The maximum absolute atomic E-state index is 11.3. The van der Waals surface area contributed by atoms with Gasteiger partial charge in [0.25, 0.3) is 0 Å². The largest absolute Gasteiger partial charge is 0.481 e. The summed E-state index contributed by atoms with van der Waals surface area (Å²) in [7, 11) is 0. The molecule has 31 heavy (non-hydrogen) atoms. The molecule has 4 heteroatoms. The molecule has 0 bridgehead atoms. The number of rotatable bonds is 6. The first-order valence-corrected chi connectivity index (χ1v) is 12.5. The molecule has 0 heterocycles. The molecule has 4 aliphatic carbocycles. The molecule has 6 unspecified atom stereocenters. The van der Waals surface area contributed by atoms with E-state index in [1.54, 1.807) is 0 Å². The molecule has 4 aliphatic rings. The first-order valence-electron chi connectivity index (χ1n) is 14.0. The van der Waals surface area contributed by atoms with E-state index in [9.17, 15) is 20.1 Å². The van der Waals surface area contributed by atoms with E-state index in [1.165, 1.54) is 6.92 Å². The van der Waals surface area contributed by atoms with Crippen molar-refractivity contribution in [1.29, 1.82) is 0 Å². The van der Waals surface area contributed by atoms with Crippen LogP contribution in [0.4, 0.5) is 0 Å². The second-order valence-electron chi connectivity index (χ2n) is 11.6. The summed E-state index contributed by atoms with van der Waals surface area (Å²) in [6, 6.07) is 0. The number of aliphatic hydroxyl groups excluding tert-OH is 1. The summed E-state index contributed by atoms with van der Waals surface area (Å²) in [6.45, 7) is 8.34. The molecule has 0 radical (unpaired) electrons. The zero-order valence-electron chi connectivity index (χ0n) is 22.7. The molecule has 4 rings (SSSR count). The lowest BCUT2D eigenvalue weighted by Crippen LogP contribution is -2.54. The van der Waals surface area contributed by atoms with Gasteiger partial charge < -0.3 is 15.3 Å². The zero-order chi connectivity index (χ0) is 25.3. The lowest BCUT2D eigenvalue weighted by molar-refractivity contribution is -0.141. The van der Waals surface area contributed by atoms with E-state index < -0.39 is 30.4 Å². The van der Waals surface area contributed by atoms with Crippen molar-refractivity contribution in [1.82, 2.24) is 0 Å². The summed E-state index contributed by atoms with van der Waals surface area (Å²) >= 11 is 0. The Labute approximate surface area is 192 Å². The van der Waals surface area contributed by atoms with Crippen molar-refractivity contribution in [3.8, 4) is 0 Å². The van der Waals surface area contributed by atoms with Gasteiger partial charge in [0.1, 0.15) is 0 Å². The van der Waals surface area contributed by atoms with Crippen molar-refractivity contribution < 1.29 is 24.2 Å². The predicted molar refractivity (Wildman–Crippen MR) is 122 cm³/mol. The Balaban J connectivity index is 1.51. The quantitative estimate of drug-likeness (QED) is 0.487. The third kappa shape index (κ3) is 3.90. The number of aliphatic carboxylic acids is 1. The molecular weight excluding hydrogens is 388 g/mol. The Morgan fingerprint density at radius 1 is 1.19 bits per heavy atom. The third-order valence-electron chi connectivity index (χ3n) is 10.2. The lowest BCUT2D eigenvalue weighted by Gasteiger charge is -2.59. The van der Waals surface area contributed by atoms with Gasteiger partial charge in [-0.15, -0.1) is 0 Å². The molecule has 0 amide bonds. The fourth-order valence-corrected chi connectivity index (χ4v) is 8.27. The fraction of sp³-hybridized carbons (Fsp3) is 0.889. The van der Waals surface area contributed by atoms with Crippen LogP contribution in [0.5, 0.6) is 0 Å². The number of carboxylic acids is 1. The number of carboxylic acid groups (broad SMARTS) is 1. The second-order valence-corrected chi connectivity index (χ2v) is 11.6. The van der Waals surface area contributed by atoms with Gasteiger partial charge in [-0.3, -0.25) is 4.79 Å². The van der Waals surface area contributed by atoms with Crippen molar-refractivity contribution in [2.24, 2.45) is 46.3 Å². The van der Waals surface area contributed by atoms with Gasteiger partial charge in [-0.2, -0.15) is 0 Å².